The molecule has 0 aliphatic rings. The van der Waals surface area contributed by atoms with Crippen LogP contribution in [0.4, 0.5) is 0 Å². The normalized spacial score (nSPS) is 10.7. The molecule has 2 aromatic carbocycles. The summed E-state index contributed by atoms with van der Waals surface area (Å²) >= 11 is 1.61. The van der Waals surface area contributed by atoms with Gasteiger partial charge in [-0.2, -0.15) is 0 Å². The van der Waals surface area contributed by atoms with Crippen molar-refractivity contribution in [3.63, 3.8) is 0 Å². The maximum atomic E-state index is 11.5. The molecule has 0 unspecified atom stereocenters. The van der Waals surface area contributed by atoms with Crippen LogP contribution in [0.15, 0.2) is 53.7 Å². The minimum Gasteiger partial charge on any atom is -0.465 e. The molecule has 25 heavy (non-hydrogen) atoms. The van der Waals surface area contributed by atoms with Gasteiger partial charge in [0, 0.05) is 18.4 Å². The van der Waals surface area contributed by atoms with E-state index in [2.05, 4.69) is 41.4 Å². The number of ether oxygens (including phenoxy) is 1. The van der Waals surface area contributed by atoms with Crippen LogP contribution in [0.1, 0.15) is 21.5 Å². The number of nitrogens with zero attached hydrogens (tertiary/aromatic N) is 3. The van der Waals surface area contributed by atoms with Crippen molar-refractivity contribution in [1.29, 1.82) is 0 Å². The van der Waals surface area contributed by atoms with E-state index in [0.29, 0.717) is 5.56 Å². The first kappa shape index (κ1) is 17.2. The lowest BCUT2D eigenvalue weighted by Crippen LogP contribution is -2.00. The van der Waals surface area contributed by atoms with Crippen LogP contribution in [-0.4, -0.2) is 27.8 Å². The fourth-order valence-corrected chi connectivity index (χ4v) is 3.26. The molecule has 0 amide bonds. The summed E-state index contributed by atoms with van der Waals surface area (Å²) in [4.78, 5) is 11.5. The summed E-state index contributed by atoms with van der Waals surface area (Å²) in [5.74, 6) is 1.28. The molecule has 1 heterocycles. The molecule has 0 N–H and O–H groups in total. The molecular weight excluding hydrogens is 334 g/mol. The highest BCUT2D eigenvalue weighted by Crippen LogP contribution is 2.25. The van der Waals surface area contributed by atoms with Crippen molar-refractivity contribution in [3.05, 3.63) is 65.2 Å². The van der Waals surface area contributed by atoms with Gasteiger partial charge in [0.1, 0.15) is 0 Å². The first-order valence-corrected chi connectivity index (χ1v) is 8.83. The fourth-order valence-electron chi connectivity index (χ4n) is 2.40. The first-order chi connectivity index (χ1) is 12.1. The number of thioether (sulfide) groups is 1. The largest absolute Gasteiger partial charge is 0.465 e. The van der Waals surface area contributed by atoms with Gasteiger partial charge in [-0.25, -0.2) is 4.79 Å². The quantitative estimate of drug-likeness (QED) is 0.515. The third-order valence-corrected chi connectivity index (χ3v) is 4.98. The smallest absolute Gasteiger partial charge is 0.337 e. The number of hydrogen-bond donors (Lipinski definition) is 0. The average Bonchev–Trinajstić information content (AvgIpc) is 3.01. The Labute approximate surface area is 151 Å². The zero-order valence-corrected chi connectivity index (χ0v) is 15.2. The highest BCUT2D eigenvalue weighted by Gasteiger charge is 2.11. The van der Waals surface area contributed by atoms with Gasteiger partial charge < -0.3 is 9.30 Å². The summed E-state index contributed by atoms with van der Waals surface area (Å²) in [7, 11) is 3.35. The van der Waals surface area contributed by atoms with Crippen LogP contribution in [0, 0.1) is 6.92 Å². The monoisotopic (exact) mass is 353 g/mol. The lowest BCUT2D eigenvalue weighted by Gasteiger charge is -2.05. The third kappa shape index (κ3) is 3.91. The van der Waals surface area contributed by atoms with E-state index in [1.54, 1.807) is 23.9 Å². The van der Waals surface area contributed by atoms with Gasteiger partial charge in [0.15, 0.2) is 11.0 Å². The maximum Gasteiger partial charge on any atom is 0.337 e. The molecule has 0 atom stereocenters. The Kier molecular flexibility index (Phi) is 5.19. The molecule has 5 nitrogen and oxygen atoms in total. The predicted molar refractivity (Wildman–Crippen MR) is 98.5 cm³/mol. The fraction of sp³-hybridized carbons (Fsp3) is 0.211. The maximum absolute atomic E-state index is 11.5. The third-order valence-electron chi connectivity index (χ3n) is 3.89. The number of aromatic nitrogens is 3. The highest BCUT2D eigenvalue weighted by molar-refractivity contribution is 7.98. The summed E-state index contributed by atoms with van der Waals surface area (Å²) in [6.07, 6.45) is 0. The van der Waals surface area contributed by atoms with Gasteiger partial charge >= 0.3 is 5.97 Å². The van der Waals surface area contributed by atoms with Gasteiger partial charge in [-0.05, 0) is 24.6 Å². The number of rotatable bonds is 5. The molecule has 1 aromatic heterocycles. The molecule has 3 aromatic rings. The van der Waals surface area contributed by atoms with Crippen LogP contribution in [0.5, 0.6) is 0 Å². The van der Waals surface area contributed by atoms with Crippen LogP contribution in [0.2, 0.25) is 0 Å². The summed E-state index contributed by atoms with van der Waals surface area (Å²) in [6, 6.07) is 15.7. The van der Waals surface area contributed by atoms with Crippen molar-refractivity contribution in [2.45, 2.75) is 17.8 Å². The number of carbonyl (C=O) groups excluding carboxylic acids is 1. The molecule has 0 saturated carbocycles. The van der Waals surface area contributed by atoms with Gasteiger partial charge in [0.2, 0.25) is 0 Å². The topological polar surface area (TPSA) is 57.0 Å². The summed E-state index contributed by atoms with van der Waals surface area (Å²) in [5, 5.41) is 9.45. The zero-order valence-electron chi connectivity index (χ0n) is 14.4. The average molecular weight is 353 g/mol. The molecule has 0 aliphatic heterocycles. The van der Waals surface area contributed by atoms with Crippen molar-refractivity contribution in [2.75, 3.05) is 7.11 Å². The predicted octanol–water partition coefficient (Wildman–Crippen LogP) is 3.87. The van der Waals surface area contributed by atoms with Crippen molar-refractivity contribution in [3.8, 4) is 11.4 Å². The lowest BCUT2D eigenvalue weighted by atomic mass is 10.1. The van der Waals surface area contributed by atoms with E-state index >= 15 is 0 Å². The van der Waals surface area contributed by atoms with Crippen LogP contribution >= 0.6 is 11.8 Å². The van der Waals surface area contributed by atoms with E-state index in [9.17, 15) is 4.79 Å². The van der Waals surface area contributed by atoms with Crippen LogP contribution in [0.25, 0.3) is 11.4 Å². The minimum atomic E-state index is -0.324. The summed E-state index contributed by atoms with van der Waals surface area (Å²) in [5.41, 5.74) is 3.93. The Hall–Kier alpha value is -2.60. The van der Waals surface area contributed by atoms with E-state index in [-0.39, 0.29) is 5.97 Å². The molecule has 128 valence electrons. The minimum absolute atomic E-state index is 0.324. The first-order valence-electron chi connectivity index (χ1n) is 7.85. The van der Waals surface area contributed by atoms with E-state index in [0.717, 1.165) is 27.9 Å². The lowest BCUT2D eigenvalue weighted by molar-refractivity contribution is 0.0600. The van der Waals surface area contributed by atoms with Crippen molar-refractivity contribution in [1.82, 2.24) is 14.8 Å². The number of aryl methyl sites for hydroxylation is 1. The van der Waals surface area contributed by atoms with Crippen molar-refractivity contribution in [2.24, 2.45) is 7.05 Å². The van der Waals surface area contributed by atoms with Crippen molar-refractivity contribution >= 4 is 17.7 Å². The molecule has 0 aliphatic carbocycles. The second-order valence-corrected chi connectivity index (χ2v) is 6.65. The van der Waals surface area contributed by atoms with Crippen molar-refractivity contribution < 1.29 is 9.53 Å². The van der Waals surface area contributed by atoms with Gasteiger partial charge in [-0.15, -0.1) is 10.2 Å². The molecular formula is C19H19N3O2S. The number of carbonyl (C=O) groups is 1. The Morgan fingerprint density at radius 3 is 2.40 bits per heavy atom. The number of benzene rings is 2. The van der Waals surface area contributed by atoms with Gasteiger partial charge in [0.25, 0.3) is 0 Å². The van der Waals surface area contributed by atoms with Gasteiger partial charge in [0.05, 0.1) is 12.7 Å². The summed E-state index contributed by atoms with van der Waals surface area (Å²) in [6.45, 7) is 2.06. The Balaban J connectivity index is 1.70. The standard InChI is InChI=1S/C19H19N3O2S/c1-13-4-8-15(9-5-13)17-20-21-19(22(17)2)25-12-14-6-10-16(11-7-14)18(23)24-3/h4-11H,12H2,1-3H3. The van der Waals surface area contributed by atoms with Gasteiger partial charge in [-0.1, -0.05) is 53.7 Å². The van der Waals surface area contributed by atoms with Crippen LogP contribution < -0.4 is 0 Å². The number of esters is 1. The summed E-state index contributed by atoms with van der Waals surface area (Å²) < 4.78 is 6.71. The van der Waals surface area contributed by atoms with E-state index in [4.69, 9.17) is 4.74 Å². The number of hydrogen-bond acceptors (Lipinski definition) is 5. The Bertz CT molecular complexity index is 871. The van der Waals surface area contributed by atoms with E-state index in [1.807, 2.05) is 23.7 Å². The van der Waals surface area contributed by atoms with E-state index in [1.165, 1.54) is 12.7 Å². The molecule has 3 rings (SSSR count). The van der Waals surface area contributed by atoms with Crippen LogP contribution in [-0.2, 0) is 17.5 Å². The Morgan fingerprint density at radius 1 is 1.08 bits per heavy atom. The molecule has 0 radical (unpaired) electrons. The SMILES string of the molecule is COC(=O)c1ccc(CSc2nnc(-c3ccc(C)cc3)n2C)cc1. The highest BCUT2D eigenvalue weighted by atomic mass is 32.2. The molecule has 6 heteroatoms. The molecule has 0 bridgehead atoms. The Morgan fingerprint density at radius 2 is 1.76 bits per heavy atom. The molecule has 0 fully saturated rings. The zero-order chi connectivity index (χ0) is 17.8. The molecule has 0 spiro atoms. The van der Waals surface area contributed by atoms with Crippen LogP contribution in [0.3, 0.4) is 0 Å². The van der Waals surface area contributed by atoms with E-state index < -0.39 is 0 Å². The number of methoxy groups -OCH3 is 1. The van der Waals surface area contributed by atoms with Gasteiger partial charge in [-0.3, -0.25) is 0 Å². The second kappa shape index (κ2) is 7.53. The molecule has 0 saturated heterocycles. The second-order valence-electron chi connectivity index (χ2n) is 5.71.